The summed E-state index contributed by atoms with van der Waals surface area (Å²) in [4.78, 5) is 13.2. The Bertz CT molecular complexity index is 431. The number of nitrogens with zero attached hydrogens (tertiary/aromatic N) is 3. The minimum Gasteiger partial charge on any atom is -0.623 e. The van der Waals surface area contributed by atoms with Gasteiger partial charge in [-0.05, 0) is 25.7 Å². The molecule has 0 radical (unpaired) electrons. The Morgan fingerprint density at radius 1 is 1.20 bits per heavy atom. The molecule has 0 bridgehead atoms. The summed E-state index contributed by atoms with van der Waals surface area (Å²) in [6.07, 6.45) is 4.41. The molecular formula is C14H23N4OY. The monoisotopic (exact) mass is 352 g/mol. The van der Waals surface area contributed by atoms with Crippen LogP contribution < -0.4 is 5.32 Å². The molecular weight excluding hydrogens is 329 g/mol. The summed E-state index contributed by atoms with van der Waals surface area (Å²) in [7, 11) is 9.93. The van der Waals surface area contributed by atoms with Gasteiger partial charge in [0.25, 0.3) is 0 Å². The molecule has 0 fully saturated rings. The van der Waals surface area contributed by atoms with Crippen LogP contribution in [0.5, 0.6) is 0 Å². The average molecular weight is 352 g/mol. The van der Waals surface area contributed by atoms with Crippen molar-refractivity contribution >= 4 is 5.91 Å². The zero-order chi connectivity index (χ0) is 14.4. The zero-order valence-electron chi connectivity index (χ0n) is 12.5. The van der Waals surface area contributed by atoms with Crippen molar-refractivity contribution in [2.24, 2.45) is 0 Å². The van der Waals surface area contributed by atoms with Crippen molar-refractivity contribution in [3.05, 3.63) is 38.1 Å². The summed E-state index contributed by atoms with van der Waals surface area (Å²) in [5.41, 5.74) is 3.09. The third-order valence-electron chi connectivity index (χ3n) is 3.02. The fraction of sp³-hybridized carbons (Fsp3) is 0.500. The second kappa shape index (κ2) is 9.64. The predicted octanol–water partition coefficient (Wildman–Crippen LogP) is 2.15. The van der Waals surface area contributed by atoms with Crippen molar-refractivity contribution in [3.8, 4) is 0 Å². The van der Waals surface area contributed by atoms with E-state index in [4.69, 9.17) is 0 Å². The van der Waals surface area contributed by atoms with Crippen molar-refractivity contribution in [1.29, 1.82) is 0 Å². The van der Waals surface area contributed by atoms with Crippen LogP contribution in [0.4, 0.5) is 0 Å². The van der Waals surface area contributed by atoms with Gasteiger partial charge in [-0.3, -0.25) is 11.8 Å². The maximum absolute atomic E-state index is 11.7. The molecule has 0 aromatic carbocycles. The SMILES string of the molecule is CC.[CH2-]N1Cn2nc3c(c2C1=O)CCCC3.[CH2-]N[CH2-].[Y+3]. The Balaban J connectivity index is 0.000000540. The molecule has 1 aliphatic carbocycles. The summed E-state index contributed by atoms with van der Waals surface area (Å²) < 4.78 is 1.80. The zero-order valence-corrected chi connectivity index (χ0v) is 15.3. The molecule has 0 unspecified atom stereocenters. The van der Waals surface area contributed by atoms with Crippen molar-refractivity contribution in [2.75, 3.05) is 0 Å². The number of hydrogen-bond acceptors (Lipinski definition) is 3. The first-order chi connectivity index (χ1) is 9.19. The van der Waals surface area contributed by atoms with Crippen LogP contribution in [0.3, 0.4) is 0 Å². The first kappa shape index (κ1) is 19.7. The average Bonchev–Trinajstić information content (AvgIpc) is 2.90. The van der Waals surface area contributed by atoms with E-state index in [0.29, 0.717) is 6.67 Å². The number of rotatable bonds is 0. The van der Waals surface area contributed by atoms with Crippen molar-refractivity contribution in [3.63, 3.8) is 0 Å². The Morgan fingerprint density at radius 3 is 2.35 bits per heavy atom. The number of carbonyl (C=O) groups is 1. The third kappa shape index (κ3) is 4.12. The first-order valence-electron chi connectivity index (χ1n) is 6.69. The van der Waals surface area contributed by atoms with Crippen LogP contribution in [0.2, 0.25) is 0 Å². The van der Waals surface area contributed by atoms with Crippen LogP contribution in [0.1, 0.15) is 48.4 Å². The molecule has 3 rings (SSSR count). The van der Waals surface area contributed by atoms with Crippen molar-refractivity contribution in [2.45, 2.75) is 46.2 Å². The van der Waals surface area contributed by atoms with E-state index in [9.17, 15) is 4.79 Å². The molecule has 1 aliphatic heterocycles. The van der Waals surface area contributed by atoms with Gasteiger partial charge in [-0.1, -0.05) is 13.8 Å². The van der Waals surface area contributed by atoms with Gasteiger partial charge in [0.05, 0.1) is 12.4 Å². The molecule has 20 heavy (non-hydrogen) atoms. The number of carbonyl (C=O) groups excluding carboxylic acids is 1. The number of fused-ring (bicyclic) bond motifs is 3. The van der Waals surface area contributed by atoms with Gasteiger partial charge in [-0.2, -0.15) is 5.10 Å². The molecule has 0 saturated heterocycles. The second-order valence-corrected chi connectivity index (χ2v) is 4.22. The van der Waals surface area contributed by atoms with E-state index in [1.165, 1.54) is 23.3 Å². The molecule has 1 N–H and O–H groups in total. The fourth-order valence-corrected chi connectivity index (χ4v) is 2.32. The normalized spacial score (nSPS) is 15.1. The van der Waals surface area contributed by atoms with Crippen LogP contribution in [-0.2, 0) is 52.2 Å². The Labute approximate surface area is 147 Å². The van der Waals surface area contributed by atoms with Gasteiger partial charge in [-0.15, -0.1) is 0 Å². The molecule has 1 aromatic rings. The van der Waals surface area contributed by atoms with Crippen LogP contribution in [0.15, 0.2) is 0 Å². The van der Waals surface area contributed by atoms with Gasteiger partial charge in [0.15, 0.2) is 0 Å². The Hall–Kier alpha value is -0.256. The van der Waals surface area contributed by atoms with Crippen molar-refractivity contribution < 1.29 is 37.5 Å². The van der Waals surface area contributed by atoms with Crippen LogP contribution in [0, 0.1) is 21.1 Å². The number of aromatic nitrogens is 2. The molecule has 2 aliphatic rings. The molecule has 108 valence electrons. The van der Waals surface area contributed by atoms with Gasteiger partial charge in [0.1, 0.15) is 5.69 Å². The largest absolute Gasteiger partial charge is 3.00 e. The first-order valence-corrected chi connectivity index (χ1v) is 6.69. The standard InChI is InChI=1S/C10H12N3O.C2H5N.C2H6.Y/c1-12-6-13-9(10(12)14)7-4-2-3-5-8(7)11-13;1-3-2;1-2;/h1-6H2;3H,1-2H2;1-2H3;/q-1;-2;;+3. The Kier molecular flexibility index (Phi) is 9.52. The van der Waals surface area contributed by atoms with Gasteiger partial charge in [-0.25, -0.2) is 4.68 Å². The second-order valence-electron chi connectivity index (χ2n) is 4.22. The minimum absolute atomic E-state index is 0. The summed E-state index contributed by atoms with van der Waals surface area (Å²) in [5.74, 6) is 0.0284. The topological polar surface area (TPSA) is 50.2 Å². The summed E-state index contributed by atoms with van der Waals surface area (Å²) in [6, 6.07) is 0. The van der Waals surface area contributed by atoms with E-state index in [1.807, 2.05) is 13.8 Å². The van der Waals surface area contributed by atoms with Crippen LogP contribution in [0.25, 0.3) is 0 Å². The third-order valence-corrected chi connectivity index (χ3v) is 3.02. The van der Waals surface area contributed by atoms with E-state index in [0.717, 1.165) is 24.2 Å². The number of amides is 1. The van der Waals surface area contributed by atoms with E-state index in [-0.39, 0.29) is 38.6 Å². The molecule has 0 atom stereocenters. The number of hydrogen-bond donors (Lipinski definition) is 1. The van der Waals surface area contributed by atoms with Gasteiger partial charge >= 0.3 is 32.7 Å². The molecule has 1 amide bonds. The van der Waals surface area contributed by atoms with Gasteiger partial charge < -0.3 is 24.3 Å². The maximum atomic E-state index is 11.7. The maximum Gasteiger partial charge on any atom is 3.00 e. The molecule has 0 saturated carbocycles. The minimum atomic E-state index is 0. The van der Waals surface area contributed by atoms with E-state index >= 15 is 0 Å². The number of aryl methyl sites for hydroxylation is 1. The van der Waals surface area contributed by atoms with Crippen LogP contribution >= 0.6 is 0 Å². The molecule has 6 heteroatoms. The molecule has 1 aromatic heterocycles. The van der Waals surface area contributed by atoms with E-state index in [1.54, 1.807) is 4.68 Å². The Morgan fingerprint density at radius 2 is 1.75 bits per heavy atom. The van der Waals surface area contributed by atoms with Gasteiger partial charge in [0, 0.05) is 5.56 Å². The summed E-state index contributed by atoms with van der Waals surface area (Å²) >= 11 is 0. The summed E-state index contributed by atoms with van der Waals surface area (Å²) in [5, 5.41) is 6.70. The number of nitrogens with one attached hydrogen (secondary N) is 1. The smallest absolute Gasteiger partial charge is 0.623 e. The van der Waals surface area contributed by atoms with Crippen LogP contribution in [-0.4, -0.2) is 20.6 Å². The predicted molar refractivity (Wildman–Crippen MR) is 75.6 cm³/mol. The quantitative estimate of drug-likeness (QED) is 0.728. The van der Waals surface area contributed by atoms with E-state index < -0.39 is 0 Å². The molecule has 0 spiro atoms. The fourth-order valence-electron chi connectivity index (χ4n) is 2.32. The van der Waals surface area contributed by atoms with Gasteiger partial charge in [0.2, 0.25) is 5.91 Å². The summed E-state index contributed by atoms with van der Waals surface area (Å²) in [6.45, 7) is 4.52. The van der Waals surface area contributed by atoms with E-state index in [2.05, 4.69) is 31.6 Å². The molecule has 2 heterocycles. The van der Waals surface area contributed by atoms with Crippen molar-refractivity contribution in [1.82, 2.24) is 20.0 Å². The molecule has 5 nitrogen and oxygen atoms in total.